The van der Waals surface area contributed by atoms with Crippen LogP contribution >= 0.6 is 54.8 Å². The monoisotopic (exact) mass is 392 g/mol. The van der Waals surface area contributed by atoms with E-state index in [-0.39, 0.29) is 0 Å². The largest absolute Gasteiger partial charge is 0.278 e. The zero-order valence-electron chi connectivity index (χ0n) is 8.06. The number of nitrogens with zero attached hydrogens (tertiary/aromatic N) is 4. The first-order valence-electron chi connectivity index (χ1n) is 4.47. The van der Waals surface area contributed by atoms with Gasteiger partial charge in [-0.15, -0.1) is 21.5 Å². The summed E-state index contributed by atoms with van der Waals surface area (Å²) in [5.74, 6) is 0.734. The first kappa shape index (κ1) is 11.6. The number of hydrogen-bond donors (Lipinski definition) is 0. The molecule has 8 heteroatoms. The third-order valence-electron chi connectivity index (χ3n) is 2.18. The van der Waals surface area contributed by atoms with Gasteiger partial charge >= 0.3 is 0 Å². The molecule has 3 heterocycles. The second-order valence-electron chi connectivity index (χ2n) is 3.17. The molecule has 3 rings (SSSR count). The molecule has 0 unspecified atom stereocenters. The fraction of sp³-hybridized carbons (Fsp3) is 0. The van der Waals surface area contributed by atoms with Crippen LogP contribution in [0.5, 0.6) is 0 Å². The SMILES string of the molecule is Clc1nccn2c(-c3cc(Br)sc3Br)nnc12. The van der Waals surface area contributed by atoms with Gasteiger partial charge in [0.1, 0.15) is 0 Å². The summed E-state index contributed by atoms with van der Waals surface area (Å²) in [6.45, 7) is 0. The summed E-state index contributed by atoms with van der Waals surface area (Å²) in [5.41, 5.74) is 1.52. The van der Waals surface area contributed by atoms with Crippen molar-refractivity contribution in [1.29, 1.82) is 0 Å². The first-order valence-corrected chi connectivity index (χ1v) is 7.25. The third kappa shape index (κ3) is 1.91. The molecule has 0 saturated carbocycles. The van der Waals surface area contributed by atoms with Crippen molar-refractivity contribution in [1.82, 2.24) is 19.6 Å². The van der Waals surface area contributed by atoms with E-state index in [0.29, 0.717) is 10.8 Å². The van der Waals surface area contributed by atoms with E-state index in [2.05, 4.69) is 47.0 Å². The van der Waals surface area contributed by atoms with Gasteiger partial charge in [-0.25, -0.2) is 4.98 Å². The summed E-state index contributed by atoms with van der Waals surface area (Å²) in [5, 5.41) is 8.52. The molecule has 0 aromatic carbocycles. The van der Waals surface area contributed by atoms with Gasteiger partial charge in [0.2, 0.25) is 0 Å². The van der Waals surface area contributed by atoms with Crippen LogP contribution in [0.4, 0.5) is 0 Å². The number of rotatable bonds is 1. The average Bonchev–Trinajstić information content (AvgIpc) is 2.83. The molecule has 0 saturated heterocycles. The van der Waals surface area contributed by atoms with Crippen LogP contribution in [0.1, 0.15) is 0 Å². The van der Waals surface area contributed by atoms with Gasteiger partial charge in [-0.3, -0.25) is 4.40 Å². The van der Waals surface area contributed by atoms with Crippen LogP contribution in [0.3, 0.4) is 0 Å². The maximum atomic E-state index is 5.95. The Labute approximate surface area is 122 Å². The van der Waals surface area contributed by atoms with Crippen molar-refractivity contribution >= 4 is 60.4 Å². The van der Waals surface area contributed by atoms with Gasteiger partial charge < -0.3 is 0 Å². The van der Waals surface area contributed by atoms with Gasteiger partial charge in [0, 0.05) is 18.0 Å². The van der Waals surface area contributed by atoms with E-state index in [9.17, 15) is 0 Å². The second-order valence-corrected chi connectivity index (χ2v) is 7.28. The number of halogens is 3. The molecule has 0 amide bonds. The number of thiophene rings is 1. The van der Waals surface area contributed by atoms with Gasteiger partial charge in [-0.2, -0.15) is 0 Å². The summed E-state index contributed by atoms with van der Waals surface area (Å²) in [7, 11) is 0. The van der Waals surface area contributed by atoms with E-state index in [1.54, 1.807) is 23.7 Å². The highest BCUT2D eigenvalue weighted by Gasteiger charge is 2.15. The fourth-order valence-electron chi connectivity index (χ4n) is 1.47. The van der Waals surface area contributed by atoms with Crippen molar-refractivity contribution in [3.05, 3.63) is 31.2 Å². The van der Waals surface area contributed by atoms with Gasteiger partial charge in [0.05, 0.1) is 7.57 Å². The van der Waals surface area contributed by atoms with E-state index in [1.807, 2.05) is 10.5 Å². The van der Waals surface area contributed by atoms with Crippen molar-refractivity contribution in [2.45, 2.75) is 0 Å². The van der Waals surface area contributed by atoms with Crippen molar-refractivity contribution in [3.8, 4) is 11.4 Å². The van der Waals surface area contributed by atoms with E-state index in [1.165, 1.54) is 0 Å². The standard InChI is InChI=1S/C9H3Br2ClN4S/c10-5-3-4(6(11)17-5)8-14-15-9-7(12)13-1-2-16(8)9/h1-3H. The zero-order chi connectivity index (χ0) is 12.0. The molecule has 4 nitrogen and oxygen atoms in total. The Kier molecular flexibility index (Phi) is 2.94. The summed E-state index contributed by atoms with van der Waals surface area (Å²) in [4.78, 5) is 3.97. The van der Waals surface area contributed by atoms with Gasteiger partial charge in [0.25, 0.3) is 0 Å². The van der Waals surface area contributed by atoms with E-state index in [0.717, 1.165) is 19.0 Å². The lowest BCUT2D eigenvalue weighted by Gasteiger charge is -1.97. The van der Waals surface area contributed by atoms with Crippen LogP contribution in [0.25, 0.3) is 17.0 Å². The van der Waals surface area contributed by atoms with E-state index >= 15 is 0 Å². The summed E-state index contributed by atoms with van der Waals surface area (Å²) in [6, 6.07) is 1.99. The number of fused-ring (bicyclic) bond motifs is 1. The normalized spacial score (nSPS) is 11.2. The predicted molar refractivity (Wildman–Crippen MR) is 74.5 cm³/mol. The molecular weight excluding hydrogens is 391 g/mol. The molecule has 0 aliphatic heterocycles. The van der Waals surface area contributed by atoms with Crippen molar-refractivity contribution in [2.75, 3.05) is 0 Å². The highest BCUT2D eigenvalue weighted by Crippen LogP contribution is 2.37. The molecule has 0 fully saturated rings. The minimum absolute atomic E-state index is 0.344. The predicted octanol–water partition coefficient (Wildman–Crippen LogP) is 4.03. The first-order chi connectivity index (χ1) is 8.16. The smallest absolute Gasteiger partial charge is 0.198 e. The Morgan fingerprint density at radius 2 is 2.12 bits per heavy atom. The van der Waals surface area contributed by atoms with Crippen LogP contribution in [-0.4, -0.2) is 19.6 Å². The number of aromatic nitrogens is 4. The van der Waals surface area contributed by atoms with E-state index < -0.39 is 0 Å². The molecule has 0 N–H and O–H groups in total. The molecule has 17 heavy (non-hydrogen) atoms. The van der Waals surface area contributed by atoms with Gasteiger partial charge in [0.15, 0.2) is 16.6 Å². The minimum Gasteiger partial charge on any atom is -0.278 e. The van der Waals surface area contributed by atoms with Gasteiger partial charge in [-0.05, 0) is 37.9 Å². The van der Waals surface area contributed by atoms with Crippen molar-refractivity contribution in [3.63, 3.8) is 0 Å². The zero-order valence-corrected chi connectivity index (χ0v) is 12.8. The summed E-state index contributed by atoms with van der Waals surface area (Å²) >= 11 is 14.5. The maximum absolute atomic E-state index is 5.95. The Balaban J connectivity index is 2.32. The highest BCUT2D eigenvalue weighted by atomic mass is 79.9. The summed E-state index contributed by atoms with van der Waals surface area (Å²) < 4.78 is 3.83. The molecule has 3 aromatic heterocycles. The van der Waals surface area contributed by atoms with Crippen LogP contribution < -0.4 is 0 Å². The molecule has 0 spiro atoms. The lowest BCUT2D eigenvalue weighted by Crippen LogP contribution is -1.90. The molecular formula is C9H3Br2ClN4S. The Morgan fingerprint density at radius 1 is 1.29 bits per heavy atom. The number of hydrogen-bond acceptors (Lipinski definition) is 4. The van der Waals surface area contributed by atoms with Crippen LogP contribution in [0.15, 0.2) is 26.0 Å². The van der Waals surface area contributed by atoms with Gasteiger partial charge in [-0.1, -0.05) is 11.6 Å². The molecule has 0 atom stereocenters. The lowest BCUT2D eigenvalue weighted by atomic mass is 10.3. The lowest BCUT2D eigenvalue weighted by molar-refractivity contribution is 1.11. The fourth-order valence-corrected chi connectivity index (χ4v) is 4.45. The van der Waals surface area contributed by atoms with E-state index in [4.69, 9.17) is 11.6 Å². The maximum Gasteiger partial charge on any atom is 0.198 e. The Bertz CT molecular complexity index is 708. The molecule has 0 aliphatic rings. The quantitative estimate of drug-likeness (QED) is 0.626. The summed E-state index contributed by atoms with van der Waals surface area (Å²) in [6.07, 6.45) is 3.41. The second kappa shape index (κ2) is 4.31. The van der Waals surface area contributed by atoms with Crippen LogP contribution in [-0.2, 0) is 0 Å². The molecule has 0 bridgehead atoms. The topological polar surface area (TPSA) is 43.1 Å². The molecule has 86 valence electrons. The Hall–Kier alpha value is -0.500. The van der Waals surface area contributed by atoms with Crippen LogP contribution in [0, 0.1) is 0 Å². The highest BCUT2D eigenvalue weighted by molar-refractivity contribution is 9.12. The van der Waals surface area contributed by atoms with Crippen LogP contribution in [0.2, 0.25) is 5.15 Å². The molecule has 0 radical (unpaired) electrons. The third-order valence-corrected chi connectivity index (χ3v) is 4.79. The van der Waals surface area contributed by atoms with Crippen molar-refractivity contribution < 1.29 is 0 Å². The van der Waals surface area contributed by atoms with Crippen molar-refractivity contribution in [2.24, 2.45) is 0 Å². The Morgan fingerprint density at radius 3 is 2.82 bits per heavy atom. The molecule has 0 aliphatic carbocycles. The minimum atomic E-state index is 0.344. The molecule has 3 aromatic rings. The average molecular weight is 394 g/mol.